The van der Waals surface area contributed by atoms with Crippen LogP contribution in [0.2, 0.25) is 0 Å². The average Bonchev–Trinajstić information content (AvgIpc) is 2.27. The topological polar surface area (TPSA) is 29.3 Å². The van der Waals surface area contributed by atoms with Crippen LogP contribution < -0.4 is 5.84 Å². The molecule has 4 saturated carbocycles. The van der Waals surface area contributed by atoms with Crippen LogP contribution in [0, 0.1) is 29.1 Å². The van der Waals surface area contributed by atoms with Crippen LogP contribution in [0.25, 0.3) is 0 Å². The Labute approximate surface area is 105 Å². The van der Waals surface area contributed by atoms with Crippen molar-refractivity contribution in [1.82, 2.24) is 5.01 Å². The molecule has 4 aliphatic carbocycles. The second-order valence-corrected chi connectivity index (χ2v) is 7.61. The Hall–Kier alpha value is -0.0800. The van der Waals surface area contributed by atoms with Crippen molar-refractivity contribution in [2.24, 2.45) is 34.9 Å². The molecule has 1 atom stereocenters. The lowest BCUT2D eigenvalue weighted by atomic mass is 9.46. The van der Waals surface area contributed by atoms with Gasteiger partial charge < -0.3 is 0 Å². The molecule has 2 N–H and O–H groups in total. The normalized spacial score (nSPS) is 54.2. The first-order chi connectivity index (χ1) is 8.23. The summed E-state index contributed by atoms with van der Waals surface area (Å²) in [5.41, 5.74) is 0.729. The third-order valence-electron chi connectivity index (χ3n) is 6.40. The number of piperidine rings is 1. The maximum atomic E-state index is 6.08. The monoisotopic (exact) mass is 234 g/mol. The standard InChI is InChI=1S/C15H26N2/c16-17-3-1-2-14(10-17)15-7-11-4-12(8-15)6-13(5-11)9-15/h11-14H,1-10,16H2. The van der Waals surface area contributed by atoms with Crippen LogP contribution in [0.4, 0.5) is 0 Å². The highest BCUT2D eigenvalue weighted by atomic mass is 15.4. The van der Waals surface area contributed by atoms with Crippen LogP contribution in [-0.4, -0.2) is 18.1 Å². The van der Waals surface area contributed by atoms with Gasteiger partial charge >= 0.3 is 0 Å². The van der Waals surface area contributed by atoms with Crippen molar-refractivity contribution < 1.29 is 0 Å². The highest BCUT2D eigenvalue weighted by molar-refractivity contribution is 5.04. The Balaban J connectivity index is 1.59. The van der Waals surface area contributed by atoms with Crippen molar-refractivity contribution in [3.8, 4) is 0 Å². The third kappa shape index (κ3) is 1.67. The summed E-state index contributed by atoms with van der Waals surface area (Å²) >= 11 is 0. The number of hydrazine groups is 1. The van der Waals surface area contributed by atoms with Gasteiger partial charge in [0, 0.05) is 13.1 Å². The SMILES string of the molecule is NN1CCCC(C23CC4CC(CC(C4)C2)C3)C1. The van der Waals surface area contributed by atoms with Crippen molar-refractivity contribution in [2.75, 3.05) is 13.1 Å². The zero-order chi connectivity index (χ0) is 11.5. The van der Waals surface area contributed by atoms with Gasteiger partial charge in [-0.1, -0.05) is 0 Å². The van der Waals surface area contributed by atoms with E-state index in [1.807, 2.05) is 0 Å². The lowest BCUT2D eigenvalue weighted by Gasteiger charge is -2.60. The molecule has 0 aromatic rings. The van der Waals surface area contributed by atoms with Gasteiger partial charge in [-0.25, -0.2) is 5.01 Å². The molecule has 2 nitrogen and oxygen atoms in total. The molecule has 96 valence electrons. The number of rotatable bonds is 1. The minimum atomic E-state index is 0.729. The molecule has 5 aliphatic rings. The summed E-state index contributed by atoms with van der Waals surface area (Å²) in [5, 5.41) is 2.10. The maximum absolute atomic E-state index is 6.08. The zero-order valence-corrected chi connectivity index (χ0v) is 10.9. The average molecular weight is 234 g/mol. The van der Waals surface area contributed by atoms with Crippen LogP contribution in [0.15, 0.2) is 0 Å². The van der Waals surface area contributed by atoms with Gasteiger partial charge in [0.2, 0.25) is 0 Å². The molecule has 1 heterocycles. The first-order valence-electron chi connectivity index (χ1n) is 7.73. The van der Waals surface area contributed by atoms with E-state index >= 15 is 0 Å². The summed E-state index contributed by atoms with van der Waals surface area (Å²) in [7, 11) is 0. The van der Waals surface area contributed by atoms with E-state index < -0.39 is 0 Å². The van der Waals surface area contributed by atoms with Crippen molar-refractivity contribution in [3.05, 3.63) is 0 Å². The minimum Gasteiger partial charge on any atom is -0.269 e. The van der Waals surface area contributed by atoms with E-state index in [1.165, 1.54) is 19.4 Å². The second-order valence-electron chi connectivity index (χ2n) is 7.61. The summed E-state index contributed by atoms with van der Waals surface area (Å²) in [4.78, 5) is 0. The van der Waals surface area contributed by atoms with Crippen LogP contribution in [-0.2, 0) is 0 Å². The van der Waals surface area contributed by atoms with Crippen LogP contribution >= 0.6 is 0 Å². The quantitative estimate of drug-likeness (QED) is 0.707. The van der Waals surface area contributed by atoms with Gasteiger partial charge in [-0.3, -0.25) is 5.84 Å². The molecule has 0 aromatic heterocycles. The van der Waals surface area contributed by atoms with Crippen molar-refractivity contribution in [3.63, 3.8) is 0 Å². The minimum absolute atomic E-state index is 0.729. The Kier molecular flexibility index (Phi) is 2.36. The molecule has 17 heavy (non-hydrogen) atoms. The second kappa shape index (κ2) is 3.71. The molecule has 5 rings (SSSR count). The Morgan fingerprint density at radius 1 is 0.941 bits per heavy atom. The molecule has 1 aliphatic heterocycles. The third-order valence-corrected chi connectivity index (χ3v) is 6.40. The van der Waals surface area contributed by atoms with Crippen LogP contribution in [0.5, 0.6) is 0 Å². The van der Waals surface area contributed by atoms with Gasteiger partial charge in [-0.05, 0) is 80.5 Å². The lowest BCUT2D eigenvalue weighted by molar-refractivity contribution is -0.102. The van der Waals surface area contributed by atoms with Gasteiger partial charge in [0.15, 0.2) is 0 Å². The molecule has 5 fully saturated rings. The van der Waals surface area contributed by atoms with Gasteiger partial charge in [0.05, 0.1) is 0 Å². The summed E-state index contributed by atoms with van der Waals surface area (Å²) in [6.45, 7) is 2.31. The summed E-state index contributed by atoms with van der Waals surface area (Å²) in [5.74, 6) is 10.3. The predicted molar refractivity (Wildman–Crippen MR) is 69.1 cm³/mol. The Morgan fingerprint density at radius 2 is 1.53 bits per heavy atom. The van der Waals surface area contributed by atoms with Gasteiger partial charge in [-0.15, -0.1) is 0 Å². The smallest absolute Gasteiger partial charge is 0.0162 e. The van der Waals surface area contributed by atoms with Gasteiger partial charge in [0.1, 0.15) is 0 Å². The predicted octanol–water partition coefficient (Wildman–Crippen LogP) is 2.79. The molecule has 1 saturated heterocycles. The number of nitrogens with two attached hydrogens (primary N) is 1. The fraction of sp³-hybridized carbons (Fsp3) is 1.00. The Bertz CT molecular complexity index is 277. The highest BCUT2D eigenvalue weighted by Gasteiger charge is 2.54. The zero-order valence-electron chi connectivity index (χ0n) is 10.9. The van der Waals surface area contributed by atoms with E-state index in [2.05, 4.69) is 5.01 Å². The van der Waals surface area contributed by atoms with E-state index in [0.717, 1.165) is 35.6 Å². The summed E-state index contributed by atoms with van der Waals surface area (Å²) in [6.07, 6.45) is 12.2. The molecule has 1 unspecified atom stereocenters. The van der Waals surface area contributed by atoms with Crippen LogP contribution in [0.3, 0.4) is 0 Å². The fourth-order valence-corrected chi connectivity index (χ4v) is 6.18. The number of hydrogen-bond donors (Lipinski definition) is 1. The van der Waals surface area contributed by atoms with Crippen molar-refractivity contribution in [2.45, 2.75) is 51.4 Å². The molecular weight excluding hydrogens is 208 g/mol. The van der Waals surface area contributed by atoms with E-state index in [0.29, 0.717) is 0 Å². The number of hydrogen-bond acceptors (Lipinski definition) is 2. The molecular formula is C15H26N2. The molecule has 2 heteroatoms. The van der Waals surface area contributed by atoms with E-state index in [4.69, 9.17) is 5.84 Å². The summed E-state index contributed by atoms with van der Waals surface area (Å²) < 4.78 is 0. The van der Waals surface area contributed by atoms with Gasteiger partial charge in [-0.2, -0.15) is 0 Å². The summed E-state index contributed by atoms with van der Waals surface area (Å²) in [6, 6.07) is 0. The fourth-order valence-electron chi connectivity index (χ4n) is 6.18. The molecule has 0 radical (unpaired) electrons. The Morgan fingerprint density at radius 3 is 2.06 bits per heavy atom. The molecule has 0 aromatic carbocycles. The van der Waals surface area contributed by atoms with E-state index in [-0.39, 0.29) is 0 Å². The first-order valence-corrected chi connectivity index (χ1v) is 7.73. The lowest BCUT2D eigenvalue weighted by Crippen LogP contribution is -2.54. The molecule has 0 spiro atoms. The van der Waals surface area contributed by atoms with E-state index in [1.54, 1.807) is 38.5 Å². The largest absolute Gasteiger partial charge is 0.269 e. The van der Waals surface area contributed by atoms with Crippen LogP contribution in [0.1, 0.15) is 51.4 Å². The highest BCUT2D eigenvalue weighted by Crippen LogP contribution is 2.63. The van der Waals surface area contributed by atoms with E-state index in [9.17, 15) is 0 Å². The van der Waals surface area contributed by atoms with Crippen molar-refractivity contribution >= 4 is 0 Å². The molecule has 0 amide bonds. The first kappa shape index (κ1) is 10.8. The maximum Gasteiger partial charge on any atom is 0.0162 e. The molecule has 4 bridgehead atoms. The van der Waals surface area contributed by atoms with Gasteiger partial charge in [0.25, 0.3) is 0 Å². The number of nitrogens with zero attached hydrogens (tertiary/aromatic N) is 1. The van der Waals surface area contributed by atoms with Crippen molar-refractivity contribution in [1.29, 1.82) is 0 Å².